The van der Waals surface area contributed by atoms with Gasteiger partial charge in [0.2, 0.25) is 0 Å². The molecule has 35 heavy (non-hydrogen) atoms. The second-order valence-electron chi connectivity index (χ2n) is 9.36. The summed E-state index contributed by atoms with van der Waals surface area (Å²) >= 11 is 0. The van der Waals surface area contributed by atoms with Gasteiger partial charge in [0.1, 0.15) is 17.7 Å². The summed E-state index contributed by atoms with van der Waals surface area (Å²) in [6.07, 6.45) is 0.693. The van der Waals surface area contributed by atoms with E-state index in [2.05, 4.69) is 20.3 Å². The van der Waals surface area contributed by atoms with Gasteiger partial charge in [-0.25, -0.2) is 15.0 Å². The number of rotatable bonds is 3. The third-order valence-electron chi connectivity index (χ3n) is 7.14. The Morgan fingerprint density at radius 2 is 2.06 bits per heavy atom. The molecular formula is C24H24F3N7O. The molecule has 2 saturated heterocycles. The van der Waals surface area contributed by atoms with Crippen LogP contribution in [0.25, 0.3) is 33.7 Å². The van der Waals surface area contributed by atoms with Crippen LogP contribution in [0, 0.1) is 5.92 Å². The fraction of sp³-hybridized carbons (Fsp3) is 0.417. The van der Waals surface area contributed by atoms with E-state index in [0.29, 0.717) is 58.7 Å². The summed E-state index contributed by atoms with van der Waals surface area (Å²) < 4.78 is 43.0. The molecule has 0 bridgehead atoms. The number of likely N-dealkylation sites (tertiary alicyclic amines) is 1. The number of aryl methyl sites for hydroxylation is 1. The van der Waals surface area contributed by atoms with Crippen LogP contribution in [0.5, 0.6) is 0 Å². The quantitative estimate of drug-likeness (QED) is 0.483. The summed E-state index contributed by atoms with van der Waals surface area (Å²) in [6.45, 7) is 1.17. The normalized spacial score (nSPS) is 20.6. The first-order chi connectivity index (χ1) is 16.8. The van der Waals surface area contributed by atoms with Crippen LogP contribution in [0.4, 0.5) is 13.2 Å². The third-order valence-corrected chi connectivity index (χ3v) is 7.14. The Labute approximate surface area is 198 Å². The Morgan fingerprint density at radius 3 is 2.89 bits per heavy atom. The Balaban J connectivity index is 1.38. The van der Waals surface area contributed by atoms with Crippen molar-refractivity contribution in [2.75, 3.05) is 19.6 Å². The van der Waals surface area contributed by atoms with Crippen LogP contribution in [-0.2, 0) is 13.6 Å². The molecule has 1 N–H and O–H groups in total. The third kappa shape index (κ3) is 3.83. The van der Waals surface area contributed by atoms with Gasteiger partial charge in [-0.05, 0) is 49.6 Å². The van der Waals surface area contributed by atoms with E-state index < -0.39 is 12.7 Å². The smallest absolute Gasteiger partial charge is 0.337 e. The zero-order chi connectivity index (χ0) is 24.3. The highest BCUT2D eigenvalue weighted by Crippen LogP contribution is 2.32. The van der Waals surface area contributed by atoms with Crippen molar-refractivity contribution in [3.63, 3.8) is 0 Å². The van der Waals surface area contributed by atoms with Gasteiger partial charge in [0.05, 0.1) is 11.3 Å². The van der Waals surface area contributed by atoms with Crippen molar-refractivity contribution >= 4 is 28.1 Å². The fourth-order valence-corrected chi connectivity index (χ4v) is 5.43. The van der Waals surface area contributed by atoms with Crippen LogP contribution in [0.1, 0.15) is 23.2 Å². The minimum absolute atomic E-state index is 0.103. The number of nitrogens with one attached hydrogen (secondary N) is 1. The van der Waals surface area contributed by atoms with Crippen LogP contribution in [0.15, 0.2) is 36.7 Å². The molecule has 8 nitrogen and oxygen atoms in total. The highest BCUT2D eigenvalue weighted by Gasteiger charge is 2.35. The topological polar surface area (TPSA) is 80.9 Å². The predicted octanol–water partition coefficient (Wildman–Crippen LogP) is 3.37. The predicted molar refractivity (Wildman–Crippen MR) is 124 cm³/mol. The maximum Gasteiger partial charge on any atom is 0.406 e. The van der Waals surface area contributed by atoms with Crippen LogP contribution in [-0.4, -0.2) is 66.7 Å². The van der Waals surface area contributed by atoms with Crippen molar-refractivity contribution in [2.45, 2.75) is 31.6 Å². The number of pyridine rings is 2. The number of carbonyl (C=O) groups is 1. The molecule has 0 spiro atoms. The van der Waals surface area contributed by atoms with Gasteiger partial charge in [0.15, 0.2) is 11.5 Å². The van der Waals surface area contributed by atoms with Crippen molar-refractivity contribution < 1.29 is 18.0 Å². The van der Waals surface area contributed by atoms with E-state index in [4.69, 9.17) is 0 Å². The second kappa shape index (κ2) is 8.04. The molecule has 2 atom stereocenters. The fourth-order valence-electron chi connectivity index (χ4n) is 5.43. The molecular weight excluding hydrogens is 459 g/mol. The van der Waals surface area contributed by atoms with Crippen LogP contribution < -0.4 is 5.32 Å². The van der Waals surface area contributed by atoms with Gasteiger partial charge in [-0.3, -0.25) is 4.79 Å². The van der Waals surface area contributed by atoms with Crippen molar-refractivity contribution in [1.82, 2.24) is 34.3 Å². The van der Waals surface area contributed by atoms with Gasteiger partial charge in [-0.1, -0.05) is 0 Å². The summed E-state index contributed by atoms with van der Waals surface area (Å²) in [6, 6.07) is 7.06. The van der Waals surface area contributed by atoms with Crippen molar-refractivity contribution in [3.05, 3.63) is 42.2 Å². The summed E-state index contributed by atoms with van der Waals surface area (Å²) in [4.78, 5) is 28.3. The Morgan fingerprint density at radius 1 is 1.20 bits per heavy atom. The zero-order valence-corrected chi connectivity index (χ0v) is 19.1. The highest BCUT2D eigenvalue weighted by atomic mass is 19.4. The number of hydrogen-bond acceptors (Lipinski definition) is 5. The average Bonchev–Trinajstić information content (AvgIpc) is 3.53. The standard InChI is InChI=1S/C24H24F3N7O/c1-32-21-17(9-16(11-30-21)23(35)33-8-5-14-4-7-28-18(14)12-33)31-22(32)19-10-15-3-2-6-29-20(15)34(19)13-24(25,26)27/h2-3,6,9-11,14,18,28H,4-5,7-8,12-13H2,1H3/t14-,18+/m1/s1. The van der Waals surface area contributed by atoms with Gasteiger partial charge in [0.25, 0.3) is 5.91 Å². The molecule has 0 aliphatic carbocycles. The number of halogens is 3. The summed E-state index contributed by atoms with van der Waals surface area (Å²) in [5, 5.41) is 4.06. The van der Waals surface area contributed by atoms with E-state index in [1.54, 1.807) is 35.9 Å². The van der Waals surface area contributed by atoms with E-state index in [1.807, 2.05) is 4.90 Å². The van der Waals surface area contributed by atoms with Gasteiger partial charge >= 0.3 is 6.18 Å². The molecule has 4 aromatic rings. The maximum absolute atomic E-state index is 13.4. The lowest BCUT2D eigenvalue weighted by atomic mass is 9.92. The molecule has 0 radical (unpaired) electrons. The first-order valence-electron chi connectivity index (χ1n) is 11.6. The van der Waals surface area contributed by atoms with Crippen molar-refractivity contribution in [1.29, 1.82) is 0 Å². The molecule has 182 valence electrons. The first kappa shape index (κ1) is 22.0. The molecule has 0 unspecified atom stereocenters. The number of carbonyl (C=O) groups excluding carboxylic acids is 1. The van der Waals surface area contributed by atoms with E-state index >= 15 is 0 Å². The number of fused-ring (bicyclic) bond motifs is 3. The van der Waals surface area contributed by atoms with Crippen LogP contribution >= 0.6 is 0 Å². The lowest BCUT2D eigenvalue weighted by molar-refractivity contribution is -0.139. The monoisotopic (exact) mass is 483 g/mol. The largest absolute Gasteiger partial charge is 0.406 e. The van der Waals surface area contributed by atoms with Crippen LogP contribution in [0.2, 0.25) is 0 Å². The average molecular weight is 483 g/mol. The summed E-state index contributed by atoms with van der Waals surface area (Å²) in [5.41, 5.74) is 1.90. The molecule has 4 aromatic heterocycles. The number of aromatic nitrogens is 5. The Bertz CT molecular complexity index is 1440. The zero-order valence-electron chi connectivity index (χ0n) is 19.1. The first-order valence-corrected chi connectivity index (χ1v) is 11.6. The molecule has 6 rings (SSSR count). The lowest BCUT2D eigenvalue weighted by Crippen LogP contribution is -2.48. The summed E-state index contributed by atoms with van der Waals surface area (Å²) in [5.74, 6) is 0.848. The number of alkyl halides is 3. The number of nitrogens with zero attached hydrogens (tertiary/aromatic N) is 6. The molecule has 2 aliphatic heterocycles. The number of imidazole rings is 1. The van der Waals surface area contributed by atoms with E-state index in [1.165, 1.54) is 12.4 Å². The van der Waals surface area contributed by atoms with E-state index in [0.717, 1.165) is 24.0 Å². The molecule has 6 heterocycles. The Kier molecular flexibility index (Phi) is 5.06. The number of hydrogen-bond donors (Lipinski definition) is 1. The minimum atomic E-state index is -4.43. The van der Waals surface area contributed by atoms with E-state index in [9.17, 15) is 18.0 Å². The molecule has 1 amide bonds. The van der Waals surface area contributed by atoms with E-state index in [-0.39, 0.29) is 11.6 Å². The van der Waals surface area contributed by atoms with Gasteiger partial charge in [-0.15, -0.1) is 0 Å². The molecule has 2 aliphatic rings. The van der Waals surface area contributed by atoms with Crippen LogP contribution in [0.3, 0.4) is 0 Å². The second-order valence-corrected chi connectivity index (χ2v) is 9.36. The molecule has 0 aromatic carbocycles. The summed E-state index contributed by atoms with van der Waals surface area (Å²) in [7, 11) is 1.71. The Hall–Kier alpha value is -3.47. The maximum atomic E-state index is 13.4. The van der Waals surface area contributed by atoms with Crippen molar-refractivity contribution in [3.8, 4) is 11.5 Å². The lowest BCUT2D eigenvalue weighted by Gasteiger charge is -2.34. The van der Waals surface area contributed by atoms with Gasteiger partial charge in [-0.2, -0.15) is 13.2 Å². The number of piperidine rings is 1. The molecule has 2 fully saturated rings. The van der Waals surface area contributed by atoms with Gasteiger partial charge in [0, 0.05) is 44.0 Å². The number of amides is 1. The SMILES string of the molecule is Cn1c(-c2cc3cccnc3n2CC(F)(F)F)nc2cc(C(=O)N3CC[C@H]4CCN[C@H]4C3)cnc21. The molecule has 0 saturated carbocycles. The van der Waals surface area contributed by atoms with Gasteiger partial charge < -0.3 is 19.4 Å². The molecule has 11 heteroatoms. The highest BCUT2D eigenvalue weighted by molar-refractivity contribution is 5.97. The van der Waals surface area contributed by atoms with Crippen molar-refractivity contribution in [2.24, 2.45) is 13.0 Å². The minimum Gasteiger partial charge on any atom is -0.337 e.